The summed E-state index contributed by atoms with van der Waals surface area (Å²) in [5.41, 5.74) is 2.28. The highest BCUT2D eigenvalue weighted by atomic mass is 35.5. The van der Waals surface area contributed by atoms with E-state index in [1.807, 2.05) is 37.3 Å². The molecule has 7 nitrogen and oxygen atoms in total. The van der Waals surface area contributed by atoms with Gasteiger partial charge in [-0.1, -0.05) is 100 Å². The molecule has 4 aromatic rings. The minimum atomic E-state index is -4.34. The van der Waals surface area contributed by atoms with Gasteiger partial charge in [-0.15, -0.1) is 0 Å². The molecule has 0 aliphatic carbocycles. The maximum absolute atomic E-state index is 14.5. The number of nitrogens with one attached hydrogen (secondary N) is 1. The van der Waals surface area contributed by atoms with Gasteiger partial charge < -0.3 is 10.2 Å². The fourth-order valence-electron chi connectivity index (χ4n) is 4.71. The molecule has 0 spiro atoms. The molecule has 0 saturated carbocycles. The molecular weight excluding hydrogens is 676 g/mol. The predicted octanol–water partition coefficient (Wildman–Crippen LogP) is 7.58. The van der Waals surface area contributed by atoms with Crippen molar-refractivity contribution in [3.8, 4) is 0 Å². The second kappa shape index (κ2) is 15.3. The minimum absolute atomic E-state index is 0.0187. The van der Waals surface area contributed by atoms with Crippen LogP contribution in [0.4, 0.5) is 5.69 Å². The molecule has 0 aliphatic rings. The molecule has 4 aromatic carbocycles. The molecule has 1 N–H and O–H groups in total. The second-order valence-electron chi connectivity index (χ2n) is 10.3. The van der Waals surface area contributed by atoms with Crippen molar-refractivity contribution in [1.82, 2.24) is 10.2 Å². The van der Waals surface area contributed by atoms with E-state index in [9.17, 15) is 18.0 Å². The zero-order valence-electron chi connectivity index (χ0n) is 24.5. The molecular formula is C33H31Cl4N3O4S. The van der Waals surface area contributed by atoms with Crippen LogP contribution < -0.4 is 9.62 Å². The molecule has 236 valence electrons. The fourth-order valence-corrected chi connectivity index (χ4v) is 6.89. The molecule has 4 rings (SSSR count). The Morgan fingerprint density at radius 3 is 2.11 bits per heavy atom. The van der Waals surface area contributed by atoms with E-state index in [0.29, 0.717) is 17.1 Å². The maximum atomic E-state index is 14.5. The first-order valence-corrected chi connectivity index (χ1v) is 17.0. The van der Waals surface area contributed by atoms with Crippen LogP contribution in [0, 0.1) is 6.92 Å². The van der Waals surface area contributed by atoms with Crippen molar-refractivity contribution in [2.24, 2.45) is 0 Å². The minimum Gasteiger partial charge on any atom is -0.355 e. The Kier molecular flexibility index (Phi) is 11.8. The van der Waals surface area contributed by atoms with Gasteiger partial charge in [0.2, 0.25) is 11.8 Å². The number of benzene rings is 4. The quantitative estimate of drug-likeness (QED) is 0.165. The number of halogens is 4. The van der Waals surface area contributed by atoms with Crippen LogP contribution in [0.3, 0.4) is 0 Å². The lowest BCUT2D eigenvalue weighted by Gasteiger charge is -2.34. The number of nitrogens with zero attached hydrogens (tertiary/aromatic N) is 2. The number of carbonyl (C=O) groups is 2. The molecule has 0 aromatic heterocycles. The normalized spacial score (nSPS) is 12.0. The number of amides is 2. The second-order valence-corrected chi connectivity index (χ2v) is 13.8. The molecule has 1 atom stereocenters. The smallest absolute Gasteiger partial charge is 0.264 e. The van der Waals surface area contributed by atoms with Crippen LogP contribution >= 0.6 is 46.4 Å². The first kappa shape index (κ1) is 34.6. The summed E-state index contributed by atoms with van der Waals surface area (Å²) in [5, 5.41) is 3.72. The number of sulfonamides is 1. The average molecular weight is 708 g/mol. The van der Waals surface area contributed by atoms with Crippen LogP contribution in [0.5, 0.6) is 0 Å². The first-order chi connectivity index (χ1) is 21.4. The maximum Gasteiger partial charge on any atom is 0.264 e. The van der Waals surface area contributed by atoms with Crippen LogP contribution in [0.15, 0.2) is 95.9 Å². The Morgan fingerprint density at radius 2 is 1.47 bits per heavy atom. The van der Waals surface area contributed by atoms with E-state index in [2.05, 4.69) is 5.32 Å². The van der Waals surface area contributed by atoms with Crippen LogP contribution in [0.1, 0.15) is 23.6 Å². The Hall–Kier alpha value is -3.27. The SMILES string of the molecule is CCNC(=O)C(Cc1ccccc1)N(Cc1ccc(Cl)c(Cl)c1)C(=O)CN(c1cc(Cl)ccc1Cl)S(=O)(=O)c1ccc(C)cc1. The Balaban J connectivity index is 1.84. The molecule has 45 heavy (non-hydrogen) atoms. The first-order valence-electron chi connectivity index (χ1n) is 14.0. The number of likely N-dealkylation sites (N-methyl/N-ethyl adjacent to an activating group) is 1. The molecule has 0 radical (unpaired) electrons. The van der Waals surface area contributed by atoms with Gasteiger partial charge in [0.15, 0.2) is 0 Å². The van der Waals surface area contributed by atoms with Gasteiger partial charge in [-0.2, -0.15) is 0 Å². The van der Waals surface area contributed by atoms with E-state index < -0.39 is 34.4 Å². The molecule has 0 aliphatic heterocycles. The lowest BCUT2D eigenvalue weighted by atomic mass is 10.0. The summed E-state index contributed by atoms with van der Waals surface area (Å²) in [4.78, 5) is 29.4. The summed E-state index contributed by atoms with van der Waals surface area (Å²) in [6, 6.07) is 23.7. The van der Waals surface area contributed by atoms with Gasteiger partial charge >= 0.3 is 0 Å². The highest BCUT2D eigenvalue weighted by molar-refractivity contribution is 7.92. The Bertz CT molecular complexity index is 1770. The molecule has 0 fully saturated rings. The summed E-state index contributed by atoms with van der Waals surface area (Å²) in [6.45, 7) is 3.19. The number of hydrogen-bond acceptors (Lipinski definition) is 4. The molecule has 1 unspecified atom stereocenters. The van der Waals surface area contributed by atoms with Gasteiger partial charge in [0.05, 0.1) is 25.7 Å². The lowest BCUT2D eigenvalue weighted by molar-refractivity contribution is -0.140. The van der Waals surface area contributed by atoms with Crippen molar-refractivity contribution in [2.75, 3.05) is 17.4 Å². The Morgan fingerprint density at radius 1 is 0.800 bits per heavy atom. The topological polar surface area (TPSA) is 86.8 Å². The van der Waals surface area contributed by atoms with Gasteiger partial charge in [0.25, 0.3) is 10.0 Å². The predicted molar refractivity (Wildman–Crippen MR) is 182 cm³/mol. The van der Waals surface area contributed by atoms with Crippen molar-refractivity contribution < 1.29 is 18.0 Å². The monoisotopic (exact) mass is 705 g/mol. The molecule has 2 amide bonds. The zero-order chi connectivity index (χ0) is 32.7. The van der Waals surface area contributed by atoms with Crippen LogP contribution in [-0.4, -0.2) is 44.3 Å². The summed E-state index contributed by atoms with van der Waals surface area (Å²) < 4.78 is 29.2. The van der Waals surface area contributed by atoms with Gasteiger partial charge in [-0.25, -0.2) is 8.42 Å². The summed E-state index contributed by atoms with van der Waals surface area (Å²) >= 11 is 25.2. The third-order valence-electron chi connectivity index (χ3n) is 7.02. The standard InChI is InChI=1S/C33H31Cl4N3O4S/c1-3-38-33(42)31(18-23-7-5-4-6-8-23)39(20-24-11-15-27(35)29(37)17-24)32(41)21-40(30-19-25(34)12-16-28(30)36)45(43,44)26-13-9-22(2)10-14-26/h4-17,19,31H,3,18,20-21H2,1-2H3,(H,38,42). The highest BCUT2D eigenvalue weighted by Crippen LogP contribution is 2.34. The van der Waals surface area contributed by atoms with Crippen molar-refractivity contribution >= 4 is 73.9 Å². The van der Waals surface area contributed by atoms with Crippen molar-refractivity contribution in [3.05, 3.63) is 128 Å². The van der Waals surface area contributed by atoms with Crippen LogP contribution in [0.25, 0.3) is 0 Å². The Labute approximate surface area is 283 Å². The molecule has 12 heteroatoms. The zero-order valence-corrected chi connectivity index (χ0v) is 28.4. The highest BCUT2D eigenvalue weighted by Gasteiger charge is 2.35. The molecule has 0 bridgehead atoms. The number of carbonyl (C=O) groups excluding carboxylic acids is 2. The van der Waals surface area contributed by atoms with Gasteiger partial charge in [-0.05, 0) is 67.4 Å². The van der Waals surface area contributed by atoms with E-state index in [1.54, 1.807) is 37.3 Å². The third kappa shape index (κ3) is 8.71. The molecule has 0 saturated heterocycles. The summed E-state index contributed by atoms with van der Waals surface area (Å²) in [6.07, 6.45) is 0.169. The van der Waals surface area contributed by atoms with Crippen molar-refractivity contribution in [2.45, 2.75) is 37.8 Å². The lowest BCUT2D eigenvalue weighted by Crippen LogP contribution is -2.53. The van der Waals surface area contributed by atoms with E-state index in [1.165, 1.54) is 35.2 Å². The summed E-state index contributed by atoms with van der Waals surface area (Å²) in [5.74, 6) is -1.05. The number of anilines is 1. The van der Waals surface area contributed by atoms with E-state index >= 15 is 0 Å². The van der Waals surface area contributed by atoms with Gasteiger partial charge in [0, 0.05) is 24.5 Å². The third-order valence-corrected chi connectivity index (χ3v) is 10.1. The summed E-state index contributed by atoms with van der Waals surface area (Å²) in [7, 11) is -4.34. The van der Waals surface area contributed by atoms with E-state index in [-0.39, 0.29) is 38.6 Å². The number of rotatable bonds is 12. The van der Waals surface area contributed by atoms with Crippen LogP contribution in [-0.2, 0) is 32.6 Å². The van der Waals surface area contributed by atoms with Crippen LogP contribution in [0.2, 0.25) is 20.1 Å². The number of aryl methyl sites for hydroxylation is 1. The molecule has 0 heterocycles. The average Bonchev–Trinajstić information content (AvgIpc) is 3.01. The number of hydrogen-bond donors (Lipinski definition) is 1. The van der Waals surface area contributed by atoms with E-state index in [4.69, 9.17) is 46.4 Å². The van der Waals surface area contributed by atoms with E-state index in [0.717, 1.165) is 15.4 Å². The van der Waals surface area contributed by atoms with Gasteiger partial charge in [0.1, 0.15) is 12.6 Å². The van der Waals surface area contributed by atoms with Crippen molar-refractivity contribution in [1.29, 1.82) is 0 Å². The van der Waals surface area contributed by atoms with Crippen molar-refractivity contribution in [3.63, 3.8) is 0 Å². The largest absolute Gasteiger partial charge is 0.355 e. The van der Waals surface area contributed by atoms with Gasteiger partial charge in [-0.3, -0.25) is 13.9 Å². The fraction of sp³-hybridized carbons (Fsp3) is 0.212.